The number of rotatable bonds is 6. The van der Waals surface area contributed by atoms with Crippen molar-refractivity contribution in [3.05, 3.63) is 27.9 Å². The van der Waals surface area contributed by atoms with Crippen LogP contribution < -0.4 is 11.1 Å². The van der Waals surface area contributed by atoms with Crippen molar-refractivity contribution in [3.63, 3.8) is 0 Å². The number of nitrogens with one attached hydrogen (secondary N) is 1. The lowest BCUT2D eigenvalue weighted by Crippen LogP contribution is -2.58. The van der Waals surface area contributed by atoms with Gasteiger partial charge in [-0.3, -0.25) is 19.3 Å². The standard InChI is InChI=1S/C15H16N4O6S2/c1-6(20)25-3-7-12(15(23)24)19-9(21)2-10(19)27-14(7)18-13(22)11(16)8-4-26-5-17-8/h4-5,10-11,14H,2-3,16H2,1H3,(H,18,22)(H,23,24)/t10-,11?,14?/m1/s1. The van der Waals surface area contributed by atoms with Crippen molar-refractivity contribution in [1.29, 1.82) is 0 Å². The van der Waals surface area contributed by atoms with Gasteiger partial charge in [0.2, 0.25) is 11.8 Å². The first-order valence-corrected chi connectivity index (χ1v) is 9.69. The lowest BCUT2D eigenvalue weighted by molar-refractivity contribution is -0.146. The monoisotopic (exact) mass is 412 g/mol. The molecular formula is C15H16N4O6S2. The number of hydrogen-bond donors (Lipinski definition) is 3. The minimum Gasteiger partial charge on any atom is -0.477 e. The molecule has 2 unspecified atom stereocenters. The predicted molar refractivity (Wildman–Crippen MR) is 95.1 cm³/mol. The third-order valence-electron chi connectivity index (χ3n) is 4.02. The van der Waals surface area contributed by atoms with Crippen molar-refractivity contribution in [3.8, 4) is 0 Å². The average molecular weight is 412 g/mol. The molecule has 144 valence electrons. The summed E-state index contributed by atoms with van der Waals surface area (Å²) in [6, 6.07) is -1.03. The number of thiazole rings is 1. The van der Waals surface area contributed by atoms with Crippen molar-refractivity contribution in [2.45, 2.75) is 30.1 Å². The number of nitrogens with two attached hydrogens (primary N) is 1. The summed E-state index contributed by atoms with van der Waals surface area (Å²) in [4.78, 5) is 52.4. The molecule has 2 aliphatic rings. The molecule has 0 saturated carbocycles. The number of amides is 2. The van der Waals surface area contributed by atoms with Gasteiger partial charge in [0.1, 0.15) is 23.7 Å². The summed E-state index contributed by atoms with van der Waals surface area (Å²) >= 11 is 2.49. The number of fused-ring (bicyclic) bond motifs is 1. The molecule has 4 N–H and O–H groups in total. The van der Waals surface area contributed by atoms with Crippen LogP contribution >= 0.6 is 23.1 Å². The highest BCUT2D eigenvalue weighted by atomic mass is 32.2. The number of carboxylic acids is 1. The van der Waals surface area contributed by atoms with Crippen LogP contribution in [0.4, 0.5) is 0 Å². The second kappa shape index (κ2) is 7.66. The molecule has 2 amide bonds. The molecular weight excluding hydrogens is 396 g/mol. The van der Waals surface area contributed by atoms with Crippen molar-refractivity contribution in [1.82, 2.24) is 15.2 Å². The molecule has 0 aliphatic carbocycles. The van der Waals surface area contributed by atoms with Crippen molar-refractivity contribution in [2.75, 3.05) is 6.61 Å². The number of aromatic nitrogens is 1. The SMILES string of the molecule is CC(=O)OCC1=C(C(=O)O)N2C(=O)C[C@H]2SC1NC(=O)C(N)c1cscn1. The van der Waals surface area contributed by atoms with E-state index >= 15 is 0 Å². The molecule has 3 heterocycles. The van der Waals surface area contributed by atoms with Gasteiger partial charge in [-0.2, -0.15) is 0 Å². The molecule has 12 heteroatoms. The Bertz CT molecular complexity index is 824. The Kier molecular flexibility index (Phi) is 5.48. The minimum atomic E-state index is -1.33. The topological polar surface area (TPSA) is 152 Å². The van der Waals surface area contributed by atoms with Crippen LogP contribution in [0.5, 0.6) is 0 Å². The Labute approximate surface area is 161 Å². The molecule has 1 saturated heterocycles. The molecule has 1 aromatic rings. The fourth-order valence-electron chi connectivity index (χ4n) is 2.70. The number of thioether (sulfide) groups is 1. The zero-order valence-corrected chi connectivity index (χ0v) is 15.7. The predicted octanol–water partition coefficient (Wildman–Crippen LogP) is -0.208. The normalized spacial score (nSPS) is 22.6. The smallest absolute Gasteiger partial charge is 0.352 e. The van der Waals surface area contributed by atoms with Gasteiger partial charge in [-0.05, 0) is 0 Å². The van der Waals surface area contributed by atoms with Crippen LogP contribution in [0, 0.1) is 0 Å². The molecule has 0 bridgehead atoms. The highest BCUT2D eigenvalue weighted by Crippen LogP contribution is 2.43. The fourth-order valence-corrected chi connectivity index (χ4v) is 4.71. The molecule has 10 nitrogen and oxygen atoms in total. The van der Waals surface area contributed by atoms with Crippen molar-refractivity contribution in [2.24, 2.45) is 5.73 Å². The molecule has 0 spiro atoms. The van der Waals surface area contributed by atoms with Crippen LogP contribution in [-0.4, -0.2) is 56.1 Å². The Morgan fingerprint density at radius 2 is 2.26 bits per heavy atom. The van der Waals surface area contributed by atoms with Crippen LogP contribution in [0.25, 0.3) is 0 Å². The van der Waals surface area contributed by atoms with Gasteiger partial charge in [0, 0.05) is 17.9 Å². The molecule has 1 fully saturated rings. The Morgan fingerprint density at radius 1 is 1.52 bits per heavy atom. The van der Waals surface area contributed by atoms with Crippen LogP contribution in [-0.2, 0) is 23.9 Å². The first-order valence-electron chi connectivity index (χ1n) is 7.80. The lowest BCUT2D eigenvalue weighted by atomic mass is 10.1. The maximum Gasteiger partial charge on any atom is 0.352 e. The molecule has 0 radical (unpaired) electrons. The first-order chi connectivity index (χ1) is 12.8. The highest BCUT2D eigenvalue weighted by molar-refractivity contribution is 8.00. The van der Waals surface area contributed by atoms with Crippen LogP contribution in [0.1, 0.15) is 25.1 Å². The number of aliphatic carboxylic acids is 1. The lowest BCUT2D eigenvalue weighted by Gasteiger charge is -2.46. The van der Waals surface area contributed by atoms with E-state index in [-0.39, 0.29) is 30.2 Å². The quantitative estimate of drug-likeness (QED) is 0.426. The van der Waals surface area contributed by atoms with E-state index in [1.165, 1.54) is 30.0 Å². The van der Waals surface area contributed by atoms with E-state index in [9.17, 15) is 24.3 Å². The summed E-state index contributed by atoms with van der Waals surface area (Å²) in [6.45, 7) is 0.817. The molecule has 3 atom stereocenters. The number of carboxylic acid groups (broad SMARTS) is 1. The van der Waals surface area contributed by atoms with Gasteiger partial charge in [0.25, 0.3) is 0 Å². The number of β-lactam (4-membered cyclic amide) rings is 1. The van der Waals surface area contributed by atoms with E-state index in [4.69, 9.17) is 10.5 Å². The van der Waals surface area contributed by atoms with E-state index in [1.54, 1.807) is 10.9 Å². The summed E-state index contributed by atoms with van der Waals surface area (Å²) < 4.78 is 4.94. The first kappa shape index (κ1) is 19.3. The molecule has 27 heavy (non-hydrogen) atoms. The minimum absolute atomic E-state index is 0.117. The Morgan fingerprint density at radius 3 is 2.81 bits per heavy atom. The van der Waals surface area contributed by atoms with Crippen LogP contribution in [0.2, 0.25) is 0 Å². The average Bonchev–Trinajstić information content (AvgIpc) is 3.13. The Balaban J connectivity index is 1.88. The van der Waals surface area contributed by atoms with E-state index in [1.807, 2.05) is 0 Å². The van der Waals surface area contributed by atoms with Gasteiger partial charge in [0.05, 0.1) is 23.0 Å². The maximum atomic E-state index is 12.5. The number of carbonyl (C=O) groups is 4. The summed E-state index contributed by atoms with van der Waals surface area (Å²) in [6.07, 6.45) is 0.160. The third-order valence-corrected chi connectivity index (χ3v) is 5.99. The van der Waals surface area contributed by atoms with Gasteiger partial charge in [-0.1, -0.05) is 0 Å². The van der Waals surface area contributed by atoms with Crippen LogP contribution in [0.15, 0.2) is 22.2 Å². The van der Waals surface area contributed by atoms with E-state index in [0.717, 1.165) is 4.90 Å². The number of hydrogen-bond acceptors (Lipinski definition) is 9. The molecule has 0 aromatic carbocycles. The van der Waals surface area contributed by atoms with Gasteiger partial charge in [-0.25, -0.2) is 9.78 Å². The van der Waals surface area contributed by atoms with Gasteiger partial charge in [-0.15, -0.1) is 23.1 Å². The largest absolute Gasteiger partial charge is 0.477 e. The molecule has 2 aliphatic heterocycles. The van der Waals surface area contributed by atoms with E-state index < -0.39 is 34.6 Å². The van der Waals surface area contributed by atoms with Gasteiger partial charge >= 0.3 is 11.9 Å². The summed E-state index contributed by atoms with van der Waals surface area (Å²) in [7, 11) is 0. The molecule has 3 rings (SSSR count). The van der Waals surface area contributed by atoms with Gasteiger partial charge < -0.3 is 20.9 Å². The Hall–Kier alpha value is -2.44. The summed E-state index contributed by atoms with van der Waals surface area (Å²) in [5.74, 6) is -2.84. The zero-order valence-electron chi connectivity index (χ0n) is 14.1. The van der Waals surface area contributed by atoms with E-state index in [0.29, 0.717) is 5.69 Å². The number of ether oxygens (including phenoxy) is 1. The third kappa shape index (κ3) is 3.82. The molecule has 1 aromatic heterocycles. The van der Waals surface area contributed by atoms with Crippen molar-refractivity contribution < 1.29 is 29.0 Å². The van der Waals surface area contributed by atoms with Crippen LogP contribution in [0.3, 0.4) is 0 Å². The fraction of sp³-hybridized carbons (Fsp3) is 0.400. The summed E-state index contributed by atoms with van der Waals surface area (Å²) in [5.41, 5.74) is 7.68. The summed E-state index contributed by atoms with van der Waals surface area (Å²) in [5, 5.41) is 12.7. The number of carbonyl (C=O) groups excluding carboxylic acids is 3. The second-order valence-electron chi connectivity index (χ2n) is 5.80. The number of esters is 1. The van der Waals surface area contributed by atoms with Gasteiger partial charge in [0.15, 0.2) is 0 Å². The van der Waals surface area contributed by atoms with Crippen molar-refractivity contribution >= 4 is 46.9 Å². The zero-order chi connectivity index (χ0) is 19.7. The highest BCUT2D eigenvalue weighted by Gasteiger charge is 2.49. The maximum absolute atomic E-state index is 12.5. The number of nitrogens with zero attached hydrogens (tertiary/aromatic N) is 2. The second-order valence-corrected chi connectivity index (χ2v) is 7.80. The van der Waals surface area contributed by atoms with E-state index in [2.05, 4.69) is 10.3 Å².